The van der Waals surface area contributed by atoms with E-state index in [1.807, 2.05) is 0 Å². The lowest BCUT2D eigenvalue weighted by Crippen LogP contribution is -2.54. The van der Waals surface area contributed by atoms with Gasteiger partial charge >= 0.3 is 12.4 Å². The summed E-state index contributed by atoms with van der Waals surface area (Å²) >= 11 is 0. The average molecular weight is 262 g/mol. The fourth-order valence-corrected chi connectivity index (χ4v) is 1.40. The lowest BCUT2D eigenvalue weighted by molar-refractivity contribution is -0.378. The van der Waals surface area contributed by atoms with Gasteiger partial charge in [0.2, 0.25) is 0 Å². The second-order valence-electron chi connectivity index (χ2n) is 3.50. The van der Waals surface area contributed by atoms with Crippen LogP contribution in [0.4, 0.5) is 26.3 Å². The topological polar surface area (TPSA) is 38.0 Å². The third-order valence-corrected chi connectivity index (χ3v) is 2.19. The van der Waals surface area contributed by atoms with E-state index in [9.17, 15) is 26.3 Å². The molecule has 9 heteroatoms. The first kappa shape index (κ1) is 13.8. The highest BCUT2D eigenvalue weighted by molar-refractivity contribution is 5.21. The summed E-state index contributed by atoms with van der Waals surface area (Å²) in [7, 11) is 0.894. The molecule has 0 aliphatic rings. The first-order valence-corrected chi connectivity index (χ1v) is 4.28. The van der Waals surface area contributed by atoms with Gasteiger partial charge in [-0.2, -0.15) is 31.4 Å². The molecule has 0 aliphatic carbocycles. The minimum Gasteiger partial charge on any atom is -0.368 e. The molecule has 0 aromatic carbocycles. The van der Waals surface area contributed by atoms with Crippen LogP contribution >= 0.6 is 0 Å². The van der Waals surface area contributed by atoms with Crippen LogP contribution in [0.3, 0.4) is 0 Å². The molecule has 0 atom stereocenters. The van der Waals surface area contributed by atoms with Gasteiger partial charge in [-0.15, -0.1) is 0 Å². The van der Waals surface area contributed by atoms with Crippen molar-refractivity contribution in [2.75, 3.05) is 0 Å². The molecular weight excluding hydrogens is 254 g/mol. The molecule has 0 saturated carbocycles. The van der Waals surface area contributed by atoms with Gasteiger partial charge in [0.05, 0.1) is 11.4 Å². The van der Waals surface area contributed by atoms with Crippen LogP contribution in [0.15, 0.2) is 6.07 Å². The zero-order valence-corrected chi connectivity index (χ0v) is 8.69. The zero-order chi connectivity index (χ0) is 13.6. The van der Waals surface area contributed by atoms with Crippen LogP contribution < -0.4 is 0 Å². The Hall–Kier alpha value is -1.25. The fourth-order valence-electron chi connectivity index (χ4n) is 1.40. The molecule has 0 amide bonds. The monoisotopic (exact) mass is 262 g/mol. The van der Waals surface area contributed by atoms with Gasteiger partial charge in [-0.1, -0.05) is 0 Å². The Labute approximate surface area is 91.7 Å². The van der Waals surface area contributed by atoms with E-state index in [2.05, 4.69) is 5.10 Å². The Bertz CT molecular complexity index is 405. The van der Waals surface area contributed by atoms with Gasteiger partial charge in [-0.3, -0.25) is 4.68 Å². The lowest BCUT2D eigenvalue weighted by atomic mass is 9.98. The molecule has 0 radical (unpaired) electrons. The van der Waals surface area contributed by atoms with Crippen molar-refractivity contribution in [3.63, 3.8) is 0 Å². The van der Waals surface area contributed by atoms with E-state index in [0.717, 1.165) is 7.05 Å². The van der Waals surface area contributed by atoms with Crippen molar-refractivity contribution in [3.05, 3.63) is 17.5 Å². The molecule has 1 aromatic rings. The van der Waals surface area contributed by atoms with Gasteiger partial charge in [0.1, 0.15) is 0 Å². The smallest absolute Gasteiger partial charge is 0.368 e. The third kappa shape index (κ3) is 1.99. The predicted molar refractivity (Wildman–Crippen MR) is 44.0 cm³/mol. The molecule has 0 saturated heterocycles. The van der Waals surface area contributed by atoms with Crippen LogP contribution in [0.2, 0.25) is 0 Å². The number of alkyl halides is 6. The molecule has 0 aliphatic heterocycles. The summed E-state index contributed by atoms with van der Waals surface area (Å²) in [6.45, 7) is 1.22. The predicted octanol–water partition coefficient (Wildman–Crippen LogP) is 2.04. The molecule has 0 bridgehead atoms. The van der Waals surface area contributed by atoms with Crippen molar-refractivity contribution in [2.45, 2.75) is 24.9 Å². The molecular formula is C8H8F6N2O. The largest absolute Gasteiger partial charge is 0.432 e. The van der Waals surface area contributed by atoms with Crippen LogP contribution in [0.1, 0.15) is 11.4 Å². The minimum atomic E-state index is -5.88. The van der Waals surface area contributed by atoms with Crippen LogP contribution in [0.5, 0.6) is 0 Å². The van der Waals surface area contributed by atoms with E-state index in [4.69, 9.17) is 5.11 Å². The maximum absolute atomic E-state index is 12.5. The molecule has 0 unspecified atom stereocenters. The van der Waals surface area contributed by atoms with Crippen LogP contribution in [0, 0.1) is 6.92 Å². The molecule has 17 heavy (non-hydrogen) atoms. The molecule has 0 spiro atoms. The van der Waals surface area contributed by atoms with Crippen molar-refractivity contribution >= 4 is 0 Å². The van der Waals surface area contributed by atoms with E-state index >= 15 is 0 Å². The van der Waals surface area contributed by atoms with E-state index in [1.54, 1.807) is 0 Å². The number of halogens is 6. The number of rotatable bonds is 1. The maximum Gasteiger partial charge on any atom is 0.432 e. The van der Waals surface area contributed by atoms with Crippen molar-refractivity contribution < 1.29 is 31.4 Å². The molecule has 1 rings (SSSR count). The second kappa shape index (κ2) is 3.62. The molecule has 98 valence electrons. The SMILES string of the molecule is Cc1cc(C(O)(C(F)(F)F)C(F)(F)F)n(C)n1. The first-order chi connectivity index (χ1) is 7.41. The molecule has 1 N–H and O–H groups in total. The molecule has 1 aromatic heterocycles. The molecule has 1 heterocycles. The quantitative estimate of drug-likeness (QED) is 0.786. The summed E-state index contributed by atoms with van der Waals surface area (Å²) < 4.78 is 75.1. The van der Waals surface area contributed by atoms with E-state index in [-0.39, 0.29) is 5.69 Å². The van der Waals surface area contributed by atoms with Crippen molar-refractivity contribution in [2.24, 2.45) is 7.05 Å². The number of aryl methyl sites for hydroxylation is 2. The van der Waals surface area contributed by atoms with Gasteiger partial charge < -0.3 is 5.11 Å². The van der Waals surface area contributed by atoms with Crippen LogP contribution in [0.25, 0.3) is 0 Å². The van der Waals surface area contributed by atoms with Gasteiger partial charge in [-0.05, 0) is 13.0 Å². The lowest BCUT2D eigenvalue weighted by Gasteiger charge is -2.32. The average Bonchev–Trinajstić information content (AvgIpc) is 2.40. The Morgan fingerprint density at radius 1 is 1.12 bits per heavy atom. The van der Waals surface area contributed by atoms with Crippen LogP contribution in [-0.2, 0) is 12.6 Å². The number of aliphatic hydroxyl groups is 1. The molecule has 0 fully saturated rings. The fraction of sp³-hybridized carbons (Fsp3) is 0.625. The summed E-state index contributed by atoms with van der Waals surface area (Å²) in [4.78, 5) is 0. The van der Waals surface area contributed by atoms with Gasteiger partial charge in [0.25, 0.3) is 5.60 Å². The van der Waals surface area contributed by atoms with Crippen molar-refractivity contribution in [3.8, 4) is 0 Å². The summed E-state index contributed by atoms with van der Waals surface area (Å²) in [6.07, 6.45) is -11.8. The standard InChI is InChI=1S/C8H8F6N2O/c1-4-3-5(16(2)15-4)6(17,7(9,10)11)8(12,13)14/h3,17H,1-2H3. The summed E-state index contributed by atoms with van der Waals surface area (Å²) in [5.41, 5.74) is -6.35. The van der Waals surface area contributed by atoms with Gasteiger partial charge in [0.15, 0.2) is 0 Å². The third-order valence-electron chi connectivity index (χ3n) is 2.19. The Morgan fingerprint density at radius 2 is 1.53 bits per heavy atom. The zero-order valence-electron chi connectivity index (χ0n) is 8.69. The van der Waals surface area contributed by atoms with Crippen molar-refractivity contribution in [1.82, 2.24) is 9.78 Å². The highest BCUT2D eigenvalue weighted by atomic mass is 19.4. The first-order valence-electron chi connectivity index (χ1n) is 4.28. The van der Waals surface area contributed by atoms with Crippen LogP contribution in [-0.4, -0.2) is 27.2 Å². The summed E-state index contributed by atoms with van der Waals surface area (Å²) in [5.74, 6) is 0. The summed E-state index contributed by atoms with van der Waals surface area (Å²) in [6, 6.07) is 0.543. The maximum atomic E-state index is 12.5. The molecule has 3 nitrogen and oxygen atoms in total. The second-order valence-corrected chi connectivity index (χ2v) is 3.50. The number of hydrogen-bond acceptors (Lipinski definition) is 2. The number of hydrogen-bond donors (Lipinski definition) is 1. The number of aromatic nitrogens is 2. The van der Waals surface area contributed by atoms with Crippen molar-refractivity contribution in [1.29, 1.82) is 0 Å². The van der Waals surface area contributed by atoms with Gasteiger partial charge in [-0.25, -0.2) is 0 Å². The highest BCUT2D eigenvalue weighted by Crippen LogP contribution is 2.49. The number of nitrogens with zero attached hydrogens (tertiary/aromatic N) is 2. The summed E-state index contributed by atoms with van der Waals surface area (Å²) in [5, 5.41) is 12.4. The van der Waals surface area contributed by atoms with Gasteiger partial charge in [0, 0.05) is 7.05 Å². The normalized spacial score (nSPS) is 14.2. The van der Waals surface area contributed by atoms with E-state index in [1.165, 1.54) is 6.92 Å². The Kier molecular flexibility index (Phi) is 2.94. The van der Waals surface area contributed by atoms with E-state index < -0.39 is 23.6 Å². The minimum absolute atomic E-state index is 0.0607. The van der Waals surface area contributed by atoms with E-state index in [0.29, 0.717) is 10.7 Å². The Morgan fingerprint density at radius 3 is 1.76 bits per heavy atom. The Balaban J connectivity index is 3.52. The highest BCUT2D eigenvalue weighted by Gasteiger charge is 2.72.